The summed E-state index contributed by atoms with van der Waals surface area (Å²) in [6.45, 7) is -3.78. The number of imidazole rings is 2. The normalized spacial score (nSPS) is 34.1. The molecule has 0 aromatic carbocycles. The average Bonchev–Trinajstić information content (AvgIpc) is 3.68. The molecular weight excluding hydrogens is 608 g/mol. The number of carbonyl (C=O) groups excluding carboxylic acids is 1. The number of thiol groups is 1. The van der Waals surface area contributed by atoms with E-state index in [-0.39, 0.29) is 49.7 Å². The maximum absolute atomic E-state index is 13.4. The number of nitrogens with two attached hydrogens (primary N) is 1. The highest BCUT2D eigenvalue weighted by molar-refractivity contribution is 8.44. The van der Waals surface area contributed by atoms with Crippen LogP contribution in [0.25, 0.3) is 16.8 Å². The number of amides is 1. The minimum atomic E-state index is -3.83. The molecule has 42 heavy (non-hydrogen) atoms. The number of primary amides is 1. The molecule has 1 aliphatic carbocycles. The second kappa shape index (κ2) is 11.1. The molecule has 3 aliphatic rings. The van der Waals surface area contributed by atoms with Crippen LogP contribution in [0.5, 0.6) is 0 Å². The first-order chi connectivity index (χ1) is 20.3. The first-order valence-corrected chi connectivity index (χ1v) is 17.2. The van der Waals surface area contributed by atoms with Crippen LogP contribution >= 0.6 is 27.3 Å². The molecule has 1 unspecified atom stereocenters. The summed E-state index contributed by atoms with van der Waals surface area (Å²) < 4.78 is 58.8. The van der Waals surface area contributed by atoms with Gasteiger partial charge in [0.05, 0.1) is 26.1 Å². The molecular formula is C24H27N7O8P2S. The summed E-state index contributed by atoms with van der Waals surface area (Å²) >= 11 is 4.25. The number of fused-ring (bicyclic) bond motifs is 5. The molecule has 1 amide bonds. The van der Waals surface area contributed by atoms with Crippen molar-refractivity contribution < 1.29 is 36.8 Å². The van der Waals surface area contributed by atoms with Gasteiger partial charge in [0.1, 0.15) is 30.5 Å². The third-order valence-electron chi connectivity index (χ3n) is 8.07. The van der Waals surface area contributed by atoms with Crippen LogP contribution < -0.4 is 5.73 Å². The lowest BCUT2D eigenvalue weighted by atomic mass is 9.63. The molecule has 7 rings (SSSR count). The maximum Gasteiger partial charge on any atom is 0.386 e. The molecule has 0 bridgehead atoms. The Kier molecular flexibility index (Phi) is 7.43. The zero-order chi connectivity index (χ0) is 29.0. The van der Waals surface area contributed by atoms with Crippen molar-refractivity contribution in [3.05, 3.63) is 54.6 Å². The number of hydrogen-bond acceptors (Lipinski definition) is 12. The molecule has 2 aliphatic heterocycles. The Labute approximate surface area is 244 Å². The Bertz CT molecular complexity index is 1740. The molecule has 0 spiro atoms. The standard InChI is InChI=1S/C24H27N7O8P2S/c25-22(32)17-6-13(1-2-26-17)15-5-14-8-37-41(34,42)39-18-7-20(38-19(18)10-36-40(33)35-9-16(14)15)31-12-28-21-23-27-3-4-30(23)11-29-24(21)31/h1-4,6,11-12,14-16,18-20,40H,5,7-10H2,(H2,25,32)(H,34,42)/t14-,15+,16-,18+,19-,20-,41+/m1/s1. The minimum absolute atomic E-state index is 0.0369. The van der Waals surface area contributed by atoms with Crippen LogP contribution in [0.3, 0.4) is 0 Å². The van der Waals surface area contributed by atoms with Crippen molar-refractivity contribution in [2.45, 2.75) is 37.2 Å². The molecule has 0 radical (unpaired) electrons. The molecule has 2 N–H and O–H groups in total. The minimum Gasteiger partial charge on any atom is -0.364 e. The Hall–Kier alpha value is -2.68. The van der Waals surface area contributed by atoms with Crippen molar-refractivity contribution in [3.63, 3.8) is 0 Å². The Morgan fingerprint density at radius 3 is 2.76 bits per heavy atom. The van der Waals surface area contributed by atoms with Gasteiger partial charge in [-0.05, 0) is 41.9 Å². The third kappa shape index (κ3) is 5.31. The predicted molar refractivity (Wildman–Crippen MR) is 150 cm³/mol. The molecule has 6 heterocycles. The summed E-state index contributed by atoms with van der Waals surface area (Å²) in [4.78, 5) is 28.9. The van der Waals surface area contributed by atoms with Crippen LogP contribution in [0, 0.1) is 11.8 Å². The van der Waals surface area contributed by atoms with Gasteiger partial charge in [0.25, 0.3) is 5.91 Å². The fourth-order valence-electron chi connectivity index (χ4n) is 5.88. The van der Waals surface area contributed by atoms with Gasteiger partial charge in [-0.2, -0.15) is 0 Å². The molecule has 8 atom stereocenters. The largest absolute Gasteiger partial charge is 0.386 e. The molecule has 222 valence electrons. The fourth-order valence-corrected chi connectivity index (χ4v) is 8.17. The Morgan fingerprint density at radius 2 is 1.90 bits per heavy atom. The second-order valence-corrected chi connectivity index (χ2v) is 14.4. The lowest BCUT2D eigenvalue weighted by Crippen LogP contribution is -2.40. The van der Waals surface area contributed by atoms with Gasteiger partial charge in [-0.15, -0.1) is 0 Å². The number of rotatable bonds is 3. The monoisotopic (exact) mass is 635 g/mol. The van der Waals surface area contributed by atoms with E-state index in [0.29, 0.717) is 23.2 Å². The highest BCUT2D eigenvalue weighted by atomic mass is 32.7. The van der Waals surface area contributed by atoms with Gasteiger partial charge in [0.15, 0.2) is 16.8 Å². The number of hydrogen-bond donors (Lipinski definition) is 2. The van der Waals surface area contributed by atoms with Crippen molar-refractivity contribution in [1.29, 1.82) is 0 Å². The lowest BCUT2D eigenvalue weighted by molar-refractivity contribution is -0.0361. The Morgan fingerprint density at radius 1 is 1.05 bits per heavy atom. The second-order valence-electron chi connectivity index (χ2n) is 10.5. The summed E-state index contributed by atoms with van der Waals surface area (Å²) in [5.74, 6) is -0.906. The van der Waals surface area contributed by atoms with E-state index in [9.17, 15) is 13.9 Å². The molecule has 3 fully saturated rings. The predicted octanol–water partition coefficient (Wildman–Crippen LogP) is 3.16. The summed E-state index contributed by atoms with van der Waals surface area (Å²) in [7, 11) is -2.91. The molecule has 4 aromatic heterocycles. The van der Waals surface area contributed by atoms with E-state index in [0.717, 1.165) is 5.56 Å². The average molecular weight is 636 g/mol. The number of pyridine rings is 1. The smallest absolute Gasteiger partial charge is 0.364 e. The van der Waals surface area contributed by atoms with Gasteiger partial charge in [0, 0.05) is 25.0 Å². The quantitative estimate of drug-likeness (QED) is 0.248. The van der Waals surface area contributed by atoms with E-state index in [4.69, 9.17) is 28.6 Å². The van der Waals surface area contributed by atoms with Crippen LogP contribution in [0.1, 0.15) is 41.0 Å². The van der Waals surface area contributed by atoms with Crippen LogP contribution in [-0.4, -0.2) is 66.8 Å². The van der Waals surface area contributed by atoms with Crippen LogP contribution in [0.15, 0.2) is 43.4 Å². The van der Waals surface area contributed by atoms with E-state index in [1.165, 1.54) is 6.20 Å². The van der Waals surface area contributed by atoms with Gasteiger partial charge in [-0.3, -0.25) is 27.8 Å². The number of aromatic nitrogens is 6. The van der Waals surface area contributed by atoms with Gasteiger partial charge < -0.3 is 24.0 Å². The first-order valence-electron chi connectivity index (χ1n) is 13.3. The lowest BCUT2D eigenvalue weighted by Gasteiger charge is -2.44. The molecule has 4 aromatic rings. The van der Waals surface area contributed by atoms with Crippen molar-refractivity contribution in [2.24, 2.45) is 17.6 Å². The fraction of sp³-hybridized carbons (Fsp3) is 0.458. The zero-order valence-electron chi connectivity index (χ0n) is 22.0. The number of nitrogens with zero attached hydrogens (tertiary/aromatic N) is 6. The summed E-state index contributed by atoms with van der Waals surface area (Å²) in [5, 5.41) is 0. The first kappa shape index (κ1) is 28.1. The molecule has 18 heteroatoms. The van der Waals surface area contributed by atoms with Crippen molar-refractivity contribution in [2.75, 3.05) is 19.8 Å². The topological polar surface area (TPSA) is 184 Å². The highest BCUT2D eigenvalue weighted by Crippen LogP contribution is 2.58. The third-order valence-corrected chi connectivity index (χ3v) is 10.5. The zero-order valence-corrected chi connectivity index (χ0v) is 24.8. The SMILES string of the molecule is NC(=O)c1cc([C@@H]2C[C@@H]3CO[P@](=O)(S)O[C@H]4C[C@H](n5cnc6c5ncn5ccnc65)O[C@@H]4CO[PH](=O)OC[C@H]32)ccn1. The van der Waals surface area contributed by atoms with Crippen LogP contribution in [0.2, 0.25) is 0 Å². The summed E-state index contributed by atoms with van der Waals surface area (Å²) in [5.41, 5.74) is 8.20. The number of ether oxygens (including phenoxy) is 1. The van der Waals surface area contributed by atoms with Gasteiger partial charge in [-0.25, -0.2) is 19.5 Å². The highest BCUT2D eigenvalue weighted by Gasteiger charge is 2.46. The van der Waals surface area contributed by atoms with Crippen molar-refractivity contribution in [1.82, 2.24) is 28.9 Å². The molecule has 2 saturated heterocycles. The summed E-state index contributed by atoms with van der Waals surface area (Å²) in [6, 6.07) is 3.44. The molecule has 1 saturated carbocycles. The number of carbonyl (C=O) groups is 1. The van der Waals surface area contributed by atoms with E-state index in [1.54, 1.807) is 46.1 Å². The van der Waals surface area contributed by atoms with Gasteiger partial charge >= 0.3 is 15.1 Å². The van der Waals surface area contributed by atoms with Crippen LogP contribution in [0.4, 0.5) is 0 Å². The van der Waals surface area contributed by atoms with E-state index >= 15 is 0 Å². The van der Waals surface area contributed by atoms with E-state index in [1.807, 2.05) is 0 Å². The maximum atomic E-state index is 13.4. The van der Waals surface area contributed by atoms with E-state index < -0.39 is 39.4 Å². The summed E-state index contributed by atoms with van der Waals surface area (Å²) in [6.07, 6.45) is 7.00. The van der Waals surface area contributed by atoms with E-state index in [2.05, 4.69) is 32.2 Å². The van der Waals surface area contributed by atoms with Gasteiger partial charge in [0.2, 0.25) is 0 Å². The molecule has 15 nitrogen and oxygen atoms in total. The van der Waals surface area contributed by atoms with Crippen molar-refractivity contribution in [3.8, 4) is 0 Å². The Balaban J connectivity index is 1.09. The van der Waals surface area contributed by atoms with Gasteiger partial charge in [-0.1, -0.05) is 12.2 Å². The van der Waals surface area contributed by atoms with Crippen molar-refractivity contribution >= 4 is 50.0 Å². The van der Waals surface area contributed by atoms with Crippen LogP contribution in [-0.2, 0) is 32.0 Å².